The van der Waals surface area contributed by atoms with E-state index < -0.39 is 5.60 Å². The van der Waals surface area contributed by atoms with Crippen molar-refractivity contribution in [3.63, 3.8) is 0 Å². The van der Waals surface area contributed by atoms with Gasteiger partial charge in [-0.1, -0.05) is 34.6 Å². The summed E-state index contributed by atoms with van der Waals surface area (Å²) in [5.41, 5.74) is -0.778. The zero-order valence-corrected chi connectivity index (χ0v) is 16.2. The molecule has 0 aromatic heterocycles. The van der Waals surface area contributed by atoms with Gasteiger partial charge in [0, 0.05) is 0 Å². The first-order valence-corrected chi connectivity index (χ1v) is 9.54. The summed E-state index contributed by atoms with van der Waals surface area (Å²) in [6.07, 6.45) is -0.510. The van der Waals surface area contributed by atoms with Crippen molar-refractivity contribution in [2.24, 2.45) is 29.6 Å². The summed E-state index contributed by atoms with van der Waals surface area (Å²) in [6, 6.07) is 0. The molecule has 2 rings (SSSR count). The van der Waals surface area contributed by atoms with Crippen LogP contribution in [-0.4, -0.2) is 72.3 Å². The first-order valence-electron chi connectivity index (χ1n) is 9.54. The maximum atomic E-state index is 9.91. The Morgan fingerprint density at radius 2 is 1.40 bits per heavy atom. The minimum Gasteiger partial charge on any atom is -0.394 e. The Labute approximate surface area is 151 Å². The third-order valence-electron chi connectivity index (χ3n) is 7.03. The molecule has 6 heteroatoms. The highest BCUT2D eigenvalue weighted by atomic mass is 16.6. The number of rotatable bonds is 7. The fourth-order valence-electron chi connectivity index (χ4n) is 4.29. The topological polar surface area (TPSA) is 88.4 Å². The molecule has 0 amide bonds. The molecule has 3 N–H and O–H groups in total. The highest BCUT2D eigenvalue weighted by molar-refractivity contribution is 4.98. The summed E-state index contributed by atoms with van der Waals surface area (Å²) in [5, 5.41) is 28.9. The molecule has 0 spiro atoms. The van der Waals surface area contributed by atoms with E-state index in [1.807, 2.05) is 13.8 Å². The van der Waals surface area contributed by atoms with E-state index in [2.05, 4.69) is 20.8 Å². The average Bonchev–Trinajstić information content (AvgIpc) is 2.86. The summed E-state index contributed by atoms with van der Waals surface area (Å²) in [5.74, 6) is 1.32. The van der Waals surface area contributed by atoms with Gasteiger partial charge < -0.3 is 29.5 Å². The summed E-state index contributed by atoms with van der Waals surface area (Å²) in [7, 11) is 0. The van der Waals surface area contributed by atoms with E-state index in [0.717, 1.165) is 0 Å². The van der Waals surface area contributed by atoms with Gasteiger partial charge in [0.1, 0.15) is 5.60 Å². The third-order valence-corrected chi connectivity index (χ3v) is 7.03. The van der Waals surface area contributed by atoms with Crippen LogP contribution in [0.15, 0.2) is 0 Å². The Morgan fingerprint density at radius 1 is 0.800 bits per heavy atom. The lowest BCUT2D eigenvalue weighted by Crippen LogP contribution is -2.49. The summed E-state index contributed by atoms with van der Waals surface area (Å²) in [6.45, 7) is 11.0. The fourth-order valence-corrected chi connectivity index (χ4v) is 4.29. The molecule has 2 aliphatic heterocycles. The SMILES string of the molecule is CC1C(CO)OC(COCC2(CO)OC(CO)C(C)C2C)C(C)C1C. The number of hydrogen-bond acceptors (Lipinski definition) is 6. The second-order valence-electron chi connectivity index (χ2n) is 8.20. The maximum Gasteiger partial charge on any atom is 0.118 e. The fraction of sp³-hybridized carbons (Fsp3) is 1.00. The summed E-state index contributed by atoms with van der Waals surface area (Å²) in [4.78, 5) is 0. The van der Waals surface area contributed by atoms with Gasteiger partial charge in [-0.25, -0.2) is 0 Å². The van der Waals surface area contributed by atoms with Gasteiger partial charge in [-0.2, -0.15) is 0 Å². The number of aliphatic hydroxyl groups is 3. The molecule has 2 saturated heterocycles. The molecule has 148 valence electrons. The van der Waals surface area contributed by atoms with Crippen molar-refractivity contribution < 1.29 is 29.5 Å². The largest absolute Gasteiger partial charge is 0.394 e. The second kappa shape index (κ2) is 8.63. The molecule has 0 aromatic carbocycles. The lowest BCUT2D eigenvalue weighted by atomic mass is 9.76. The Kier molecular flexibility index (Phi) is 7.27. The molecule has 9 atom stereocenters. The van der Waals surface area contributed by atoms with Gasteiger partial charge in [0.2, 0.25) is 0 Å². The third kappa shape index (κ3) is 4.04. The molecule has 0 aliphatic carbocycles. The van der Waals surface area contributed by atoms with Crippen LogP contribution in [-0.2, 0) is 14.2 Å². The Bertz CT molecular complexity index is 417. The van der Waals surface area contributed by atoms with Crippen molar-refractivity contribution in [1.82, 2.24) is 0 Å². The summed E-state index contributed by atoms with van der Waals surface area (Å²) < 4.78 is 17.9. The summed E-state index contributed by atoms with van der Waals surface area (Å²) >= 11 is 0. The van der Waals surface area contributed by atoms with Crippen LogP contribution in [0.5, 0.6) is 0 Å². The molecule has 0 aromatic rings. The second-order valence-corrected chi connectivity index (χ2v) is 8.20. The lowest BCUT2D eigenvalue weighted by Gasteiger charge is -2.43. The van der Waals surface area contributed by atoms with Gasteiger partial charge in [0.25, 0.3) is 0 Å². The number of ether oxygens (including phenoxy) is 3. The molecule has 6 nitrogen and oxygen atoms in total. The standard InChI is InChI=1S/C19H36O6/c1-11-12(2)16(6-20)24-18(13(11)3)8-23-10-19(9-22)15(5)14(4)17(7-21)25-19/h11-18,20-22H,6-10H2,1-5H3. The Hall–Kier alpha value is -0.240. The smallest absolute Gasteiger partial charge is 0.118 e. The molecule has 0 radical (unpaired) electrons. The van der Waals surface area contributed by atoms with Crippen LogP contribution in [0.4, 0.5) is 0 Å². The minimum atomic E-state index is -0.778. The molecular weight excluding hydrogens is 324 g/mol. The van der Waals surface area contributed by atoms with E-state index in [0.29, 0.717) is 24.4 Å². The lowest BCUT2D eigenvalue weighted by molar-refractivity contribution is -0.185. The van der Waals surface area contributed by atoms with Crippen molar-refractivity contribution in [1.29, 1.82) is 0 Å². The van der Waals surface area contributed by atoms with Crippen molar-refractivity contribution in [2.45, 2.75) is 58.5 Å². The molecule has 9 unspecified atom stereocenters. The zero-order valence-electron chi connectivity index (χ0n) is 16.2. The van der Waals surface area contributed by atoms with Gasteiger partial charge >= 0.3 is 0 Å². The molecule has 2 aliphatic rings. The maximum absolute atomic E-state index is 9.91. The molecule has 25 heavy (non-hydrogen) atoms. The van der Waals surface area contributed by atoms with Crippen LogP contribution in [0, 0.1) is 29.6 Å². The Balaban J connectivity index is 1.94. The van der Waals surface area contributed by atoms with E-state index in [-0.39, 0.29) is 56.6 Å². The predicted molar refractivity (Wildman–Crippen MR) is 94.2 cm³/mol. The molecule has 2 fully saturated rings. The van der Waals surface area contributed by atoms with Crippen LogP contribution < -0.4 is 0 Å². The first-order chi connectivity index (χ1) is 11.8. The Morgan fingerprint density at radius 3 is 1.92 bits per heavy atom. The van der Waals surface area contributed by atoms with E-state index in [1.165, 1.54) is 0 Å². The number of aliphatic hydroxyl groups excluding tert-OH is 3. The first kappa shape index (κ1) is 21.1. The monoisotopic (exact) mass is 360 g/mol. The van der Waals surface area contributed by atoms with E-state index in [1.54, 1.807) is 0 Å². The van der Waals surface area contributed by atoms with E-state index in [9.17, 15) is 15.3 Å². The van der Waals surface area contributed by atoms with Gasteiger partial charge in [-0.3, -0.25) is 0 Å². The molecule has 0 bridgehead atoms. The zero-order chi connectivity index (χ0) is 18.8. The van der Waals surface area contributed by atoms with Crippen molar-refractivity contribution >= 4 is 0 Å². The average molecular weight is 360 g/mol. The van der Waals surface area contributed by atoms with Gasteiger partial charge in [-0.15, -0.1) is 0 Å². The predicted octanol–water partition coefficient (Wildman–Crippen LogP) is 1.07. The highest BCUT2D eigenvalue weighted by Crippen LogP contribution is 2.41. The van der Waals surface area contributed by atoms with Crippen LogP contribution in [0.1, 0.15) is 34.6 Å². The molecule has 0 saturated carbocycles. The molecular formula is C19H36O6. The van der Waals surface area contributed by atoms with Crippen molar-refractivity contribution in [3.8, 4) is 0 Å². The molecule has 2 heterocycles. The van der Waals surface area contributed by atoms with Crippen LogP contribution in [0.3, 0.4) is 0 Å². The quantitative estimate of drug-likeness (QED) is 0.629. The number of hydrogen-bond donors (Lipinski definition) is 3. The minimum absolute atomic E-state index is 0.0190. The van der Waals surface area contributed by atoms with Crippen molar-refractivity contribution in [3.05, 3.63) is 0 Å². The van der Waals surface area contributed by atoms with Gasteiger partial charge in [-0.05, 0) is 29.6 Å². The van der Waals surface area contributed by atoms with Gasteiger partial charge in [0.05, 0.1) is 51.3 Å². The van der Waals surface area contributed by atoms with E-state index >= 15 is 0 Å². The van der Waals surface area contributed by atoms with Crippen LogP contribution >= 0.6 is 0 Å². The van der Waals surface area contributed by atoms with E-state index in [4.69, 9.17) is 14.2 Å². The normalized spacial score (nSPS) is 48.0. The van der Waals surface area contributed by atoms with Crippen molar-refractivity contribution in [2.75, 3.05) is 33.0 Å². The van der Waals surface area contributed by atoms with Gasteiger partial charge in [0.15, 0.2) is 0 Å². The van der Waals surface area contributed by atoms with Crippen LogP contribution in [0.2, 0.25) is 0 Å². The highest BCUT2D eigenvalue weighted by Gasteiger charge is 2.50. The van der Waals surface area contributed by atoms with Crippen LogP contribution in [0.25, 0.3) is 0 Å².